The van der Waals surface area contributed by atoms with Gasteiger partial charge in [0.2, 0.25) is 0 Å². The Kier molecular flexibility index (Phi) is 3.02. The van der Waals surface area contributed by atoms with Crippen LogP contribution in [0.4, 0.5) is 0 Å². The Morgan fingerprint density at radius 1 is 1.50 bits per heavy atom. The van der Waals surface area contributed by atoms with Crippen molar-refractivity contribution in [1.82, 2.24) is 9.97 Å². The summed E-state index contributed by atoms with van der Waals surface area (Å²) in [6.07, 6.45) is 1.90. The number of fused-ring (bicyclic) bond motifs is 1. The zero-order chi connectivity index (χ0) is 13.3. The molecule has 2 aromatic rings. The number of nitrogens with one attached hydrogen (secondary N) is 1. The monoisotopic (exact) mass is 242 g/mol. The Morgan fingerprint density at radius 3 is 2.78 bits per heavy atom. The first-order valence-corrected chi connectivity index (χ1v) is 5.59. The van der Waals surface area contributed by atoms with Gasteiger partial charge in [-0.25, -0.2) is 9.78 Å². The minimum absolute atomic E-state index is 0.201. The van der Waals surface area contributed by atoms with Gasteiger partial charge in [0.25, 0.3) is 0 Å². The number of H-pyrrole nitrogens is 1. The van der Waals surface area contributed by atoms with Gasteiger partial charge in [0.1, 0.15) is 11.3 Å². The number of carboxylic acid groups (broad SMARTS) is 1. The van der Waals surface area contributed by atoms with Crippen LogP contribution >= 0.6 is 0 Å². The van der Waals surface area contributed by atoms with Crippen LogP contribution in [0.5, 0.6) is 0 Å². The molecule has 4 nitrogen and oxygen atoms in total. The minimum atomic E-state index is -0.976. The molecule has 0 radical (unpaired) electrons. The molecule has 4 heteroatoms. The third-order valence-corrected chi connectivity index (χ3v) is 2.75. The minimum Gasteiger partial charge on any atom is -0.478 e. The van der Waals surface area contributed by atoms with E-state index in [4.69, 9.17) is 5.11 Å². The molecule has 1 aromatic heterocycles. The van der Waals surface area contributed by atoms with Gasteiger partial charge in [0.15, 0.2) is 0 Å². The SMILES string of the molecule is C=C(C)/C(=C\C)c1nc2c(C(=O)O)cccc2[nH]1. The summed E-state index contributed by atoms with van der Waals surface area (Å²) in [5.41, 5.74) is 3.16. The van der Waals surface area contributed by atoms with E-state index in [1.165, 1.54) is 0 Å². The summed E-state index contributed by atoms with van der Waals surface area (Å²) in [5.74, 6) is -0.329. The van der Waals surface area contributed by atoms with Crippen molar-refractivity contribution in [3.8, 4) is 0 Å². The molecule has 0 aliphatic carbocycles. The molecule has 0 fully saturated rings. The third-order valence-electron chi connectivity index (χ3n) is 2.75. The summed E-state index contributed by atoms with van der Waals surface area (Å²) >= 11 is 0. The van der Waals surface area contributed by atoms with E-state index in [1.807, 2.05) is 26.0 Å². The van der Waals surface area contributed by atoms with E-state index in [0.717, 1.165) is 11.1 Å². The molecule has 0 saturated heterocycles. The van der Waals surface area contributed by atoms with E-state index in [0.29, 0.717) is 16.9 Å². The maximum Gasteiger partial charge on any atom is 0.337 e. The van der Waals surface area contributed by atoms with Gasteiger partial charge in [-0.2, -0.15) is 0 Å². The van der Waals surface area contributed by atoms with E-state index >= 15 is 0 Å². The largest absolute Gasteiger partial charge is 0.478 e. The Balaban J connectivity index is 2.68. The number of hydrogen-bond donors (Lipinski definition) is 2. The van der Waals surface area contributed by atoms with Crippen LogP contribution in [0, 0.1) is 0 Å². The van der Waals surface area contributed by atoms with E-state index < -0.39 is 5.97 Å². The van der Waals surface area contributed by atoms with E-state index in [9.17, 15) is 4.79 Å². The van der Waals surface area contributed by atoms with Crippen LogP contribution in [0.1, 0.15) is 30.0 Å². The van der Waals surface area contributed by atoms with Gasteiger partial charge in [0, 0.05) is 5.57 Å². The summed E-state index contributed by atoms with van der Waals surface area (Å²) in [6, 6.07) is 5.05. The number of carbonyl (C=O) groups is 1. The lowest BCUT2D eigenvalue weighted by Crippen LogP contribution is -1.96. The van der Waals surface area contributed by atoms with Crippen molar-refractivity contribution in [2.75, 3.05) is 0 Å². The Bertz CT molecular complexity index is 665. The average Bonchev–Trinajstić information content (AvgIpc) is 2.71. The molecule has 0 saturated carbocycles. The summed E-state index contributed by atoms with van der Waals surface area (Å²) < 4.78 is 0. The number of aromatic carboxylic acids is 1. The van der Waals surface area contributed by atoms with E-state index in [1.54, 1.807) is 12.1 Å². The van der Waals surface area contributed by atoms with Gasteiger partial charge < -0.3 is 10.1 Å². The van der Waals surface area contributed by atoms with Crippen molar-refractivity contribution in [3.63, 3.8) is 0 Å². The van der Waals surface area contributed by atoms with Gasteiger partial charge in [-0.15, -0.1) is 0 Å². The highest BCUT2D eigenvalue weighted by Crippen LogP contribution is 2.23. The second kappa shape index (κ2) is 4.49. The Labute approximate surface area is 105 Å². The molecule has 0 unspecified atom stereocenters. The predicted molar refractivity (Wildman–Crippen MR) is 71.5 cm³/mol. The number of aromatic nitrogens is 2. The topological polar surface area (TPSA) is 66.0 Å². The second-order valence-electron chi connectivity index (χ2n) is 4.07. The predicted octanol–water partition coefficient (Wildman–Crippen LogP) is 3.24. The number of allylic oxidation sites excluding steroid dienone is 3. The van der Waals surface area contributed by atoms with Crippen LogP contribution in [-0.2, 0) is 0 Å². The zero-order valence-electron chi connectivity index (χ0n) is 10.3. The number of para-hydroxylation sites is 1. The van der Waals surface area contributed by atoms with Crippen LogP contribution < -0.4 is 0 Å². The number of benzene rings is 1. The maximum atomic E-state index is 11.1. The van der Waals surface area contributed by atoms with Crippen molar-refractivity contribution < 1.29 is 9.90 Å². The van der Waals surface area contributed by atoms with E-state index in [-0.39, 0.29) is 5.56 Å². The van der Waals surface area contributed by atoms with Crippen LogP contribution in [0.3, 0.4) is 0 Å². The van der Waals surface area contributed by atoms with Crippen molar-refractivity contribution in [3.05, 3.63) is 47.8 Å². The van der Waals surface area contributed by atoms with Crippen LogP contribution in [-0.4, -0.2) is 21.0 Å². The zero-order valence-corrected chi connectivity index (χ0v) is 10.3. The van der Waals surface area contributed by atoms with Crippen molar-refractivity contribution in [2.24, 2.45) is 0 Å². The van der Waals surface area contributed by atoms with Gasteiger partial charge in [0.05, 0.1) is 11.1 Å². The lowest BCUT2D eigenvalue weighted by molar-refractivity contribution is 0.0699. The molecule has 92 valence electrons. The Hall–Kier alpha value is -2.36. The highest BCUT2D eigenvalue weighted by atomic mass is 16.4. The number of hydrogen-bond acceptors (Lipinski definition) is 2. The van der Waals surface area contributed by atoms with Crippen molar-refractivity contribution >= 4 is 22.6 Å². The fraction of sp³-hybridized carbons (Fsp3) is 0.143. The lowest BCUT2D eigenvalue weighted by Gasteiger charge is -2.00. The first-order valence-electron chi connectivity index (χ1n) is 5.59. The molecule has 0 aliphatic heterocycles. The maximum absolute atomic E-state index is 11.1. The summed E-state index contributed by atoms with van der Waals surface area (Å²) in [5, 5.41) is 9.11. The molecule has 2 rings (SSSR count). The molecule has 0 bridgehead atoms. The molecule has 0 amide bonds. The Morgan fingerprint density at radius 2 is 2.22 bits per heavy atom. The average molecular weight is 242 g/mol. The molecule has 1 aromatic carbocycles. The first kappa shape index (κ1) is 12.1. The number of rotatable bonds is 3. The lowest BCUT2D eigenvalue weighted by atomic mass is 10.1. The van der Waals surface area contributed by atoms with Crippen molar-refractivity contribution in [2.45, 2.75) is 13.8 Å². The molecule has 2 N–H and O–H groups in total. The number of carboxylic acids is 1. The van der Waals surface area contributed by atoms with Crippen LogP contribution in [0.2, 0.25) is 0 Å². The molecule has 0 spiro atoms. The smallest absolute Gasteiger partial charge is 0.337 e. The first-order chi connectivity index (χ1) is 8.54. The molecule has 0 atom stereocenters. The molecule has 18 heavy (non-hydrogen) atoms. The summed E-state index contributed by atoms with van der Waals surface area (Å²) in [4.78, 5) is 18.6. The fourth-order valence-electron chi connectivity index (χ4n) is 1.92. The second-order valence-corrected chi connectivity index (χ2v) is 4.07. The standard InChI is InChI=1S/C14H14N2O2/c1-4-9(8(2)3)13-15-11-7-5-6-10(14(17)18)12(11)16-13/h4-7H,2H2,1,3H3,(H,15,16)(H,17,18)/b9-4+. The molecular weight excluding hydrogens is 228 g/mol. The van der Waals surface area contributed by atoms with Gasteiger partial charge in [-0.05, 0) is 31.6 Å². The number of aromatic amines is 1. The van der Waals surface area contributed by atoms with Gasteiger partial charge in [-0.3, -0.25) is 0 Å². The van der Waals surface area contributed by atoms with Crippen LogP contribution in [0.15, 0.2) is 36.4 Å². The molecule has 0 aliphatic rings. The molecular formula is C14H14N2O2. The highest BCUT2D eigenvalue weighted by molar-refractivity contribution is 6.01. The quantitative estimate of drug-likeness (QED) is 0.812. The van der Waals surface area contributed by atoms with Gasteiger partial charge >= 0.3 is 5.97 Å². The van der Waals surface area contributed by atoms with Gasteiger partial charge in [-0.1, -0.05) is 18.7 Å². The van der Waals surface area contributed by atoms with Crippen molar-refractivity contribution in [1.29, 1.82) is 0 Å². The highest BCUT2D eigenvalue weighted by Gasteiger charge is 2.14. The summed E-state index contributed by atoms with van der Waals surface area (Å²) in [6.45, 7) is 7.67. The number of nitrogens with zero attached hydrogens (tertiary/aromatic N) is 1. The normalized spacial score (nSPS) is 11.8. The summed E-state index contributed by atoms with van der Waals surface area (Å²) in [7, 11) is 0. The fourth-order valence-corrected chi connectivity index (χ4v) is 1.92. The van der Waals surface area contributed by atoms with E-state index in [2.05, 4.69) is 16.5 Å². The van der Waals surface area contributed by atoms with Crippen LogP contribution in [0.25, 0.3) is 16.6 Å². The molecule has 1 heterocycles. The number of imidazole rings is 1. The third kappa shape index (κ3) is 1.93.